The normalized spacial score (nSPS) is 19.9. The molecular formula is C12H14ClNO2S. The maximum absolute atomic E-state index is 10.9. The Bertz CT molecular complexity index is 419. The summed E-state index contributed by atoms with van der Waals surface area (Å²) in [6.45, 7) is 0. The summed E-state index contributed by atoms with van der Waals surface area (Å²) in [4.78, 5) is 10.9. The largest absolute Gasteiger partial charge is 0.478 e. The smallest absolute Gasteiger partial charge is 0.337 e. The molecule has 1 unspecified atom stereocenters. The topological polar surface area (TPSA) is 49.3 Å². The molecule has 1 atom stereocenters. The van der Waals surface area contributed by atoms with Crippen molar-refractivity contribution in [2.24, 2.45) is 0 Å². The Morgan fingerprint density at radius 3 is 3.00 bits per heavy atom. The van der Waals surface area contributed by atoms with Crippen molar-refractivity contribution < 1.29 is 9.90 Å². The number of hydrogen-bond donors (Lipinski definition) is 2. The van der Waals surface area contributed by atoms with Gasteiger partial charge in [0.05, 0.1) is 10.6 Å². The number of nitrogens with one attached hydrogen (secondary N) is 1. The SMILES string of the molecule is O=C(O)c1cc(NC2CCCSC2)ccc1Cl. The van der Waals surface area contributed by atoms with Crippen LogP contribution >= 0.6 is 23.4 Å². The van der Waals surface area contributed by atoms with Gasteiger partial charge in [-0.05, 0) is 36.8 Å². The van der Waals surface area contributed by atoms with Gasteiger partial charge < -0.3 is 10.4 Å². The van der Waals surface area contributed by atoms with Crippen LogP contribution in [0.2, 0.25) is 5.02 Å². The standard InChI is InChI=1S/C12H14ClNO2S/c13-11-4-3-8(6-10(11)12(15)16)14-9-2-1-5-17-7-9/h3-4,6,9,14H,1-2,5,7H2,(H,15,16). The molecule has 1 aromatic carbocycles. The number of benzene rings is 1. The highest BCUT2D eigenvalue weighted by atomic mass is 35.5. The van der Waals surface area contributed by atoms with Gasteiger partial charge in [-0.3, -0.25) is 0 Å². The fraction of sp³-hybridized carbons (Fsp3) is 0.417. The van der Waals surface area contributed by atoms with E-state index in [0.29, 0.717) is 6.04 Å². The Labute approximate surface area is 110 Å². The summed E-state index contributed by atoms with van der Waals surface area (Å²) in [6.07, 6.45) is 2.35. The fourth-order valence-corrected chi connectivity index (χ4v) is 3.14. The van der Waals surface area contributed by atoms with E-state index in [4.69, 9.17) is 16.7 Å². The minimum atomic E-state index is -0.989. The van der Waals surface area contributed by atoms with Crippen molar-refractivity contribution in [1.29, 1.82) is 0 Å². The van der Waals surface area contributed by atoms with Gasteiger partial charge in [0.15, 0.2) is 0 Å². The lowest BCUT2D eigenvalue weighted by atomic mass is 10.1. The second-order valence-electron chi connectivity index (χ2n) is 4.06. The van der Waals surface area contributed by atoms with Gasteiger partial charge in [0, 0.05) is 17.5 Å². The van der Waals surface area contributed by atoms with Crippen LogP contribution in [0, 0.1) is 0 Å². The molecule has 1 aliphatic heterocycles. The predicted molar refractivity (Wildman–Crippen MR) is 72.4 cm³/mol. The van der Waals surface area contributed by atoms with Gasteiger partial charge in [-0.15, -0.1) is 0 Å². The summed E-state index contributed by atoms with van der Waals surface area (Å²) >= 11 is 7.75. The van der Waals surface area contributed by atoms with Gasteiger partial charge in [0.1, 0.15) is 0 Å². The van der Waals surface area contributed by atoms with Crippen LogP contribution < -0.4 is 5.32 Å². The fourth-order valence-electron chi connectivity index (χ4n) is 1.87. The molecule has 0 bridgehead atoms. The molecule has 0 spiro atoms. The molecule has 0 aliphatic carbocycles. The summed E-state index contributed by atoms with van der Waals surface area (Å²) < 4.78 is 0. The summed E-state index contributed by atoms with van der Waals surface area (Å²) in [5.41, 5.74) is 0.986. The van der Waals surface area contributed by atoms with E-state index in [-0.39, 0.29) is 10.6 Å². The van der Waals surface area contributed by atoms with Crippen molar-refractivity contribution in [1.82, 2.24) is 0 Å². The number of carboxylic acids is 1. The Kier molecular flexibility index (Phi) is 4.18. The minimum absolute atomic E-state index is 0.153. The van der Waals surface area contributed by atoms with E-state index in [9.17, 15) is 4.79 Å². The summed E-state index contributed by atoms with van der Waals surface area (Å²) in [5, 5.41) is 12.6. The summed E-state index contributed by atoms with van der Waals surface area (Å²) in [6, 6.07) is 5.48. The maximum Gasteiger partial charge on any atom is 0.337 e. The highest BCUT2D eigenvalue weighted by molar-refractivity contribution is 7.99. The van der Waals surface area contributed by atoms with Gasteiger partial charge in [-0.1, -0.05) is 11.6 Å². The molecule has 0 radical (unpaired) electrons. The number of carboxylic acid groups (broad SMARTS) is 1. The van der Waals surface area contributed by atoms with E-state index in [1.165, 1.54) is 12.2 Å². The first kappa shape index (κ1) is 12.6. The highest BCUT2D eigenvalue weighted by Gasteiger charge is 2.15. The van der Waals surface area contributed by atoms with Crippen LogP contribution in [-0.4, -0.2) is 28.6 Å². The zero-order valence-corrected chi connectivity index (χ0v) is 10.9. The van der Waals surface area contributed by atoms with Crippen LogP contribution in [0.25, 0.3) is 0 Å². The second-order valence-corrected chi connectivity index (χ2v) is 5.62. The minimum Gasteiger partial charge on any atom is -0.478 e. The third kappa shape index (κ3) is 3.30. The lowest BCUT2D eigenvalue weighted by Crippen LogP contribution is -2.25. The molecule has 92 valence electrons. The van der Waals surface area contributed by atoms with Crippen molar-refractivity contribution in [3.05, 3.63) is 28.8 Å². The Morgan fingerprint density at radius 2 is 2.35 bits per heavy atom. The molecule has 3 nitrogen and oxygen atoms in total. The van der Waals surface area contributed by atoms with E-state index in [2.05, 4.69) is 5.32 Å². The zero-order valence-electron chi connectivity index (χ0n) is 9.28. The number of carbonyl (C=O) groups is 1. The highest BCUT2D eigenvalue weighted by Crippen LogP contribution is 2.24. The molecule has 0 aromatic heterocycles. The van der Waals surface area contributed by atoms with Gasteiger partial charge in [-0.2, -0.15) is 11.8 Å². The summed E-state index contributed by atoms with van der Waals surface area (Å²) in [7, 11) is 0. The van der Waals surface area contributed by atoms with E-state index >= 15 is 0 Å². The number of rotatable bonds is 3. The second kappa shape index (κ2) is 5.65. The monoisotopic (exact) mass is 271 g/mol. The lowest BCUT2D eigenvalue weighted by Gasteiger charge is -2.23. The third-order valence-corrected chi connectivity index (χ3v) is 4.27. The lowest BCUT2D eigenvalue weighted by molar-refractivity contribution is 0.0697. The van der Waals surface area contributed by atoms with Crippen LogP contribution in [0.4, 0.5) is 5.69 Å². The van der Waals surface area contributed by atoms with Crippen LogP contribution in [0.3, 0.4) is 0 Å². The zero-order chi connectivity index (χ0) is 12.3. The van der Waals surface area contributed by atoms with E-state index in [1.54, 1.807) is 12.1 Å². The molecule has 0 amide bonds. The quantitative estimate of drug-likeness (QED) is 0.885. The molecule has 1 aromatic rings. The van der Waals surface area contributed by atoms with Crippen LogP contribution in [0.15, 0.2) is 18.2 Å². The molecule has 0 saturated carbocycles. The first-order chi connectivity index (χ1) is 8.16. The van der Waals surface area contributed by atoms with Gasteiger partial charge in [0.25, 0.3) is 0 Å². The van der Waals surface area contributed by atoms with Crippen molar-refractivity contribution in [2.45, 2.75) is 18.9 Å². The van der Waals surface area contributed by atoms with E-state index < -0.39 is 5.97 Å². The number of halogens is 1. The maximum atomic E-state index is 10.9. The van der Waals surface area contributed by atoms with Crippen LogP contribution in [0.5, 0.6) is 0 Å². The average molecular weight is 272 g/mol. The molecule has 1 saturated heterocycles. The van der Waals surface area contributed by atoms with Crippen molar-refractivity contribution >= 4 is 35.0 Å². The molecule has 1 aliphatic rings. The number of hydrogen-bond acceptors (Lipinski definition) is 3. The van der Waals surface area contributed by atoms with Crippen molar-refractivity contribution in [3.8, 4) is 0 Å². The van der Waals surface area contributed by atoms with E-state index in [1.807, 2.05) is 17.8 Å². The number of anilines is 1. The predicted octanol–water partition coefficient (Wildman–Crippen LogP) is 3.35. The van der Waals surface area contributed by atoms with Gasteiger partial charge in [-0.25, -0.2) is 4.79 Å². The molecular weight excluding hydrogens is 258 g/mol. The van der Waals surface area contributed by atoms with Gasteiger partial charge >= 0.3 is 5.97 Å². The van der Waals surface area contributed by atoms with Crippen LogP contribution in [0.1, 0.15) is 23.2 Å². The molecule has 2 N–H and O–H groups in total. The van der Waals surface area contributed by atoms with Gasteiger partial charge in [0.2, 0.25) is 0 Å². The Morgan fingerprint density at radius 1 is 1.53 bits per heavy atom. The Hall–Kier alpha value is -0.870. The average Bonchev–Trinajstić information content (AvgIpc) is 2.32. The molecule has 1 heterocycles. The Balaban J connectivity index is 2.10. The van der Waals surface area contributed by atoms with Crippen molar-refractivity contribution in [3.63, 3.8) is 0 Å². The molecule has 2 rings (SSSR count). The molecule has 17 heavy (non-hydrogen) atoms. The number of thioether (sulfide) groups is 1. The third-order valence-electron chi connectivity index (χ3n) is 2.73. The van der Waals surface area contributed by atoms with Crippen LogP contribution in [-0.2, 0) is 0 Å². The number of aromatic carboxylic acids is 1. The van der Waals surface area contributed by atoms with Crippen molar-refractivity contribution in [2.75, 3.05) is 16.8 Å². The van der Waals surface area contributed by atoms with E-state index in [0.717, 1.165) is 17.9 Å². The molecule has 5 heteroatoms. The molecule has 1 fully saturated rings. The first-order valence-electron chi connectivity index (χ1n) is 5.54. The first-order valence-corrected chi connectivity index (χ1v) is 7.07. The summed E-state index contributed by atoms with van der Waals surface area (Å²) in [5.74, 6) is 1.31.